The summed E-state index contributed by atoms with van der Waals surface area (Å²) in [6.45, 7) is 1.72. The van der Waals surface area contributed by atoms with Crippen LogP contribution in [0.15, 0.2) is 42.5 Å². The number of aromatic nitrogens is 1. The smallest absolute Gasteiger partial charge is 0.0709 e. The Kier molecular flexibility index (Phi) is 2.79. The number of rotatable bonds is 2. The number of aliphatic hydroxyl groups is 1. The van der Waals surface area contributed by atoms with Gasteiger partial charge in [-0.05, 0) is 25.1 Å². The fourth-order valence-corrected chi connectivity index (χ4v) is 1.41. The van der Waals surface area contributed by atoms with Crippen molar-refractivity contribution in [3.8, 4) is 0 Å². The first-order chi connectivity index (χ1) is 7.25. The Morgan fingerprint density at radius 2 is 2.00 bits per heavy atom. The molecule has 0 aliphatic rings. The zero-order chi connectivity index (χ0) is 10.7. The molecule has 0 fully saturated rings. The number of pyridine rings is 1. The van der Waals surface area contributed by atoms with Crippen LogP contribution in [0, 0.1) is 0 Å². The van der Waals surface area contributed by atoms with Crippen LogP contribution in [-0.2, 0) is 0 Å². The molecule has 0 spiro atoms. The van der Waals surface area contributed by atoms with Crippen LogP contribution in [0.25, 0.3) is 17.0 Å². The molecule has 0 aliphatic heterocycles. The van der Waals surface area contributed by atoms with Gasteiger partial charge in [0.25, 0.3) is 0 Å². The molecule has 15 heavy (non-hydrogen) atoms. The third-order valence-electron chi connectivity index (χ3n) is 2.17. The van der Waals surface area contributed by atoms with Crippen LogP contribution < -0.4 is 0 Å². The van der Waals surface area contributed by atoms with Gasteiger partial charge in [-0.2, -0.15) is 0 Å². The molecule has 0 aliphatic carbocycles. The maximum atomic E-state index is 9.11. The first-order valence-corrected chi connectivity index (χ1v) is 4.98. The lowest BCUT2D eigenvalue weighted by molar-refractivity contribution is 0.245. The summed E-state index contributed by atoms with van der Waals surface area (Å²) < 4.78 is 0. The van der Waals surface area contributed by atoms with Gasteiger partial charge in [0, 0.05) is 5.39 Å². The van der Waals surface area contributed by atoms with Gasteiger partial charge in [0.15, 0.2) is 0 Å². The summed E-state index contributed by atoms with van der Waals surface area (Å²) in [5, 5.41) is 10.2. The lowest BCUT2D eigenvalue weighted by Gasteiger charge is -1.98. The van der Waals surface area contributed by atoms with Crippen LogP contribution in [0.1, 0.15) is 12.6 Å². The second-order valence-electron chi connectivity index (χ2n) is 3.53. The van der Waals surface area contributed by atoms with Crippen molar-refractivity contribution in [1.82, 2.24) is 4.98 Å². The van der Waals surface area contributed by atoms with Crippen molar-refractivity contribution < 1.29 is 5.11 Å². The quantitative estimate of drug-likeness (QED) is 0.806. The molecule has 0 saturated carbocycles. The molecule has 0 bridgehead atoms. The Balaban J connectivity index is 2.39. The van der Waals surface area contributed by atoms with Crippen molar-refractivity contribution >= 4 is 17.0 Å². The van der Waals surface area contributed by atoms with Crippen LogP contribution in [0.3, 0.4) is 0 Å². The topological polar surface area (TPSA) is 33.1 Å². The van der Waals surface area contributed by atoms with Gasteiger partial charge in [-0.1, -0.05) is 30.3 Å². The molecule has 1 aromatic heterocycles. The number of benzene rings is 1. The third kappa shape index (κ3) is 2.42. The number of hydrogen-bond acceptors (Lipinski definition) is 2. The summed E-state index contributed by atoms with van der Waals surface area (Å²) in [5.74, 6) is 0. The summed E-state index contributed by atoms with van der Waals surface area (Å²) in [7, 11) is 0. The predicted octanol–water partition coefficient (Wildman–Crippen LogP) is 2.63. The van der Waals surface area contributed by atoms with E-state index in [-0.39, 0.29) is 0 Å². The van der Waals surface area contributed by atoms with Crippen molar-refractivity contribution in [3.05, 3.63) is 48.2 Å². The maximum absolute atomic E-state index is 9.11. The van der Waals surface area contributed by atoms with Crippen molar-refractivity contribution in [2.45, 2.75) is 13.0 Å². The van der Waals surface area contributed by atoms with Crippen LogP contribution in [0.2, 0.25) is 0 Å². The maximum Gasteiger partial charge on any atom is 0.0709 e. The number of fused-ring (bicyclic) bond motifs is 1. The van der Waals surface area contributed by atoms with Crippen molar-refractivity contribution in [3.63, 3.8) is 0 Å². The van der Waals surface area contributed by atoms with Gasteiger partial charge < -0.3 is 5.11 Å². The largest absolute Gasteiger partial charge is 0.389 e. The first-order valence-electron chi connectivity index (χ1n) is 4.98. The number of para-hydroxylation sites is 1. The minimum atomic E-state index is -0.432. The van der Waals surface area contributed by atoms with E-state index in [4.69, 9.17) is 5.11 Å². The summed E-state index contributed by atoms with van der Waals surface area (Å²) in [4.78, 5) is 4.45. The van der Waals surface area contributed by atoms with E-state index < -0.39 is 6.10 Å². The van der Waals surface area contributed by atoms with Crippen LogP contribution in [0.5, 0.6) is 0 Å². The Morgan fingerprint density at radius 1 is 1.20 bits per heavy atom. The van der Waals surface area contributed by atoms with E-state index in [0.29, 0.717) is 0 Å². The standard InChI is InChI=1S/C13H13NO/c1-10(15)6-8-12-9-7-11-4-2-3-5-13(11)14-12/h2-10,15H,1H3/t10-/m1/s1. The first kappa shape index (κ1) is 9.87. The average Bonchev–Trinajstić information content (AvgIpc) is 2.26. The highest BCUT2D eigenvalue weighted by Gasteiger charge is 1.94. The minimum Gasteiger partial charge on any atom is -0.389 e. The summed E-state index contributed by atoms with van der Waals surface area (Å²) in [6.07, 6.45) is 3.12. The third-order valence-corrected chi connectivity index (χ3v) is 2.17. The van der Waals surface area contributed by atoms with Crippen molar-refractivity contribution in [1.29, 1.82) is 0 Å². The van der Waals surface area contributed by atoms with Gasteiger partial charge in [-0.25, -0.2) is 4.98 Å². The zero-order valence-corrected chi connectivity index (χ0v) is 8.59. The Morgan fingerprint density at radius 3 is 2.80 bits per heavy atom. The molecule has 2 nitrogen and oxygen atoms in total. The summed E-state index contributed by atoms with van der Waals surface area (Å²) in [6, 6.07) is 12.0. The lowest BCUT2D eigenvalue weighted by Crippen LogP contribution is -1.92. The molecule has 1 aromatic carbocycles. The van der Waals surface area contributed by atoms with Crippen molar-refractivity contribution in [2.24, 2.45) is 0 Å². The molecule has 1 N–H and O–H groups in total. The fraction of sp³-hybridized carbons (Fsp3) is 0.154. The number of aliphatic hydroxyl groups excluding tert-OH is 1. The van der Waals surface area contributed by atoms with Gasteiger partial charge in [0.2, 0.25) is 0 Å². The molecule has 2 heteroatoms. The Hall–Kier alpha value is -1.67. The minimum absolute atomic E-state index is 0.432. The normalized spacial score (nSPS) is 13.5. The van der Waals surface area contributed by atoms with E-state index in [1.807, 2.05) is 42.5 Å². The Bertz CT molecular complexity index is 489. The summed E-state index contributed by atoms with van der Waals surface area (Å²) >= 11 is 0. The molecule has 0 radical (unpaired) electrons. The molecule has 2 rings (SSSR count). The average molecular weight is 199 g/mol. The molecular formula is C13H13NO. The van der Waals surface area contributed by atoms with E-state index >= 15 is 0 Å². The fourth-order valence-electron chi connectivity index (χ4n) is 1.41. The molecule has 76 valence electrons. The highest BCUT2D eigenvalue weighted by Crippen LogP contribution is 2.12. The highest BCUT2D eigenvalue weighted by atomic mass is 16.3. The molecule has 1 atom stereocenters. The van der Waals surface area contributed by atoms with Crippen LogP contribution >= 0.6 is 0 Å². The number of nitrogens with zero attached hydrogens (tertiary/aromatic N) is 1. The van der Waals surface area contributed by atoms with Gasteiger partial charge >= 0.3 is 0 Å². The van der Waals surface area contributed by atoms with E-state index in [1.54, 1.807) is 13.0 Å². The molecule has 0 amide bonds. The molecule has 1 heterocycles. The summed E-state index contributed by atoms with van der Waals surface area (Å²) in [5.41, 5.74) is 1.85. The second kappa shape index (κ2) is 4.24. The highest BCUT2D eigenvalue weighted by molar-refractivity contribution is 5.79. The van der Waals surface area contributed by atoms with E-state index in [1.165, 1.54) is 0 Å². The van der Waals surface area contributed by atoms with Crippen LogP contribution in [0.4, 0.5) is 0 Å². The predicted molar refractivity (Wildman–Crippen MR) is 62.5 cm³/mol. The van der Waals surface area contributed by atoms with Gasteiger partial charge in [0.1, 0.15) is 0 Å². The van der Waals surface area contributed by atoms with E-state index in [2.05, 4.69) is 4.98 Å². The molecule has 0 unspecified atom stereocenters. The van der Waals surface area contributed by atoms with Gasteiger partial charge in [-0.15, -0.1) is 0 Å². The molecule has 0 saturated heterocycles. The SMILES string of the molecule is C[C@@H](O)C=Cc1ccc2ccccc2n1. The second-order valence-corrected chi connectivity index (χ2v) is 3.53. The van der Waals surface area contributed by atoms with E-state index in [0.717, 1.165) is 16.6 Å². The monoisotopic (exact) mass is 199 g/mol. The molecule has 2 aromatic rings. The van der Waals surface area contributed by atoms with Gasteiger partial charge in [-0.3, -0.25) is 0 Å². The van der Waals surface area contributed by atoms with Gasteiger partial charge in [0.05, 0.1) is 17.3 Å². The molecular weight excluding hydrogens is 186 g/mol. The zero-order valence-electron chi connectivity index (χ0n) is 8.59. The Labute approximate surface area is 88.9 Å². The van der Waals surface area contributed by atoms with Crippen molar-refractivity contribution in [2.75, 3.05) is 0 Å². The van der Waals surface area contributed by atoms with E-state index in [9.17, 15) is 0 Å². The lowest BCUT2D eigenvalue weighted by atomic mass is 10.2. The number of hydrogen-bond donors (Lipinski definition) is 1. The van der Waals surface area contributed by atoms with Crippen LogP contribution in [-0.4, -0.2) is 16.2 Å².